The van der Waals surface area contributed by atoms with Crippen LogP contribution >= 0.6 is 0 Å². The minimum atomic E-state index is 0.731. The molecule has 1 aliphatic carbocycles. The molecule has 0 bridgehead atoms. The molecule has 80 heavy (non-hydrogen) atoms. The Labute approximate surface area is 483 Å². The molecule has 0 radical (unpaired) electrons. The fourth-order valence-corrected chi connectivity index (χ4v) is 11.1. The zero-order chi connectivity index (χ0) is 55.9. The Bertz CT molecular complexity index is 3030. The van der Waals surface area contributed by atoms with Crippen LogP contribution in [-0.2, 0) is 6.42 Å². The second-order valence-corrected chi connectivity index (χ2v) is 22.6. The van der Waals surface area contributed by atoms with E-state index in [1.165, 1.54) is 152 Å². The number of anilines is 6. The van der Waals surface area contributed by atoms with Crippen molar-refractivity contribution in [3.63, 3.8) is 0 Å². The highest BCUT2D eigenvalue weighted by Crippen LogP contribution is 2.42. The van der Waals surface area contributed by atoms with E-state index in [9.17, 15) is 0 Å². The highest BCUT2D eigenvalue weighted by molar-refractivity contribution is 5.81. The van der Waals surface area contributed by atoms with Crippen LogP contribution in [0.3, 0.4) is 0 Å². The van der Waals surface area contributed by atoms with Crippen LogP contribution in [0.25, 0.3) is 22.3 Å². The molecule has 8 aromatic carbocycles. The maximum absolute atomic E-state index is 6.50. The van der Waals surface area contributed by atoms with Crippen LogP contribution in [0.2, 0.25) is 0 Å². The maximum atomic E-state index is 6.50. The van der Waals surface area contributed by atoms with Crippen molar-refractivity contribution in [1.82, 2.24) is 0 Å². The van der Waals surface area contributed by atoms with E-state index in [-0.39, 0.29) is 0 Å². The van der Waals surface area contributed by atoms with Crippen LogP contribution in [0.1, 0.15) is 169 Å². The second-order valence-electron chi connectivity index (χ2n) is 22.6. The van der Waals surface area contributed by atoms with Crippen molar-refractivity contribution in [1.29, 1.82) is 0 Å². The van der Waals surface area contributed by atoms with Crippen molar-refractivity contribution in [2.24, 2.45) is 0 Å². The number of nitrogens with zero attached hydrogens (tertiary/aromatic N) is 2. The third-order valence-electron chi connectivity index (χ3n) is 16.1. The molecule has 0 aliphatic heterocycles. The predicted octanol–water partition coefficient (Wildman–Crippen LogP) is 23.0. The Kier molecular flexibility index (Phi) is 23.0. The SMILES string of the molecule is CCCCCCCCOc1cc(-c2ccc(N(c3ccc(C)cc3)c3ccc(CC)cc3)cc2)c(OCCCCCCCC)cc1C.Cc1ccc(-c2ccc(N(c3ccc(C)cc3)c3ccc(C4CCCCC4)cc3)cc2)cc1. The van der Waals surface area contributed by atoms with Crippen molar-refractivity contribution >= 4 is 34.1 Å². The van der Waals surface area contributed by atoms with E-state index in [0.717, 1.165) is 83.6 Å². The van der Waals surface area contributed by atoms with E-state index >= 15 is 0 Å². The minimum Gasteiger partial charge on any atom is -0.493 e. The molecule has 8 aromatic rings. The van der Waals surface area contributed by atoms with Gasteiger partial charge < -0.3 is 19.3 Å². The molecule has 0 amide bonds. The van der Waals surface area contributed by atoms with Gasteiger partial charge in [0.15, 0.2) is 0 Å². The summed E-state index contributed by atoms with van der Waals surface area (Å²) < 4.78 is 12.9. The van der Waals surface area contributed by atoms with Crippen LogP contribution in [0.5, 0.6) is 11.5 Å². The maximum Gasteiger partial charge on any atom is 0.127 e. The molecule has 0 N–H and O–H groups in total. The Morgan fingerprint density at radius 2 is 0.725 bits per heavy atom. The van der Waals surface area contributed by atoms with Crippen LogP contribution in [-0.4, -0.2) is 13.2 Å². The number of unbranched alkanes of at least 4 members (excludes halogenated alkanes) is 10. The highest BCUT2D eigenvalue weighted by Gasteiger charge is 2.19. The Morgan fingerprint density at radius 1 is 0.362 bits per heavy atom. The van der Waals surface area contributed by atoms with E-state index in [2.05, 4.69) is 240 Å². The summed E-state index contributed by atoms with van der Waals surface area (Å²) in [5.74, 6) is 2.64. The summed E-state index contributed by atoms with van der Waals surface area (Å²) in [5.41, 5.74) is 19.6. The van der Waals surface area contributed by atoms with Crippen LogP contribution < -0.4 is 19.3 Å². The lowest BCUT2D eigenvalue weighted by Gasteiger charge is -2.27. The van der Waals surface area contributed by atoms with Crippen molar-refractivity contribution in [2.45, 2.75) is 170 Å². The quantitative estimate of drug-likeness (QED) is 0.0505. The Hall–Kier alpha value is -7.04. The van der Waals surface area contributed by atoms with Gasteiger partial charge in [-0.25, -0.2) is 0 Å². The van der Waals surface area contributed by atoms with Gasteiger partial charge in [-0.15, -0.1) is 0 Å². The zero-order valence-corrected chi connectivity index (χ0v) is 49.8. The smallest absolute Gasteiger partial charge is 0.127 e. The third kappa shape index (κ3) is 17.0. The topological polar surface area (TPSA) is 24.9 Å². The van der Waals surface area contributed by atoms with Crippen molar-refractivity contribution in [3.8, 4) is 33.8 Å². The molecule has 1 fully saturated rings. The van der Waals surface area contributed by atoms with Gasteiger partial charge in [0, 0.05) is 39.7 Å². The fourth-order valence-electron chi connectivity index (χ4n) is 11.1. The molecule has 0 unspecified atom stereocenters. The largest absolute Gasteiger partial charge is 0.493 e. The molecule has 4 heteroatoms. The van der Waals surface area contributed by atoms with E-state index in [1.807, 2.05) is 0 Å². The highest BCUT2D eigenvalue weighted by atomic mass is 16.5. The van der Waals surface area contributed by atoms with Crippen molar-refractivity contribution in [3.05, 3.63) is 215 Å². The van der Waals surface area contributed by atoms with Gasteiger partial charge >= 0.3 is 0 Å². The molecule has 1 saturated carbocycles. The number of aryl methyl sites for hydroxylation is 5. The van der Waals surface area contributed by atoms with Gasteiger partial charge in [-0.2, -0.15) is 0 Å². The summed E-state index contributed by atoms with van der Waals surface area (Å²) in [4.78, 5) is 4.70. The van der Waals surface area contributed by atoms with Crippen LogP contribution in [0, 0.1) is 27.7 Å². The van der Waals surface area contributed by atoms with Crippen LogP contribution in [0.4, 0.5) is 34.1 Å². The molecule has 4 nitrogen and oxygen atoms in total. The summed E-state index contributed by atoms with van der Waals surface area (Å²) >= 11 is 0. The van der Waals surface area contributed by atoms with Gasteiger partial charge in [0.25, 0.3) is 0 Å². The van der Waals surface area contributed by atoms with Gasteiger partial charge in [-0.1, -0.05) is 218 Å². The molecule has 0 saturated heterocycles. The van der Waals surface area contributed by atoms with Gasteiger partial charge in [0.2, 0.25) is 0 Å². The molecular weight excluding hydrogens is 973 g/mol. The van der Waals surface area contributed by atoms with Gasteiger partial charge in [-0.3, -0.25) is 0 Å². The van der Waals surface area contributed by atoms with E-state index in [1.54, 1.807) is 0 Å². The molecule has 0 heterocycles. The average Bonchev–Trinajstić information content (AvgIpc) is 3.53. The van der Waals surface area contributed by atoms with Gasteiger partial charge in [0.05, 0.1) is 13.2 Å². The van der Waals surface area contributed by atoms with E-state index in [0.29, 0.717) is 0 Å². The first-order valence-electron chi connectivity index (χ1n) is 30.8. The first-order valence-corrected chi connectivity index (χ1v) is 30.8. The monoisotopic (exact) mass is 1060 g/mol. The number of rotatable bonds is 26. The Morgan fingerprint density at radius 3 is 1.18 bits per heavy atom. The lowest BCUT2D eigenvalue weighted by atomic mass is 9.84. The normalized spacial score (nSPS) is 12.4. The summed E-state index contributed by atoms with van der Waals surface area (Å²) in [6.07, 6.45) is 22.9. The third-order valence-corrected chi connectivity index (χ3v) is 16.1. The zero-order valence-electron chi connectivity index (χ0n) is 49.8. The number of hydrogen-bond donors (Lipinski definition) is 0. The minimum absolute atomic E-state index is 0.731. The number of hydrogen-bond acceptors (Lipinski definition) is 4. The van der Waals surface area contributed by atoms with Gasteiger partial charge in [0.1, 0.15) is 11.5 Å². The van der Waals surface area contributed by atoms with E-state index in [4.69, 9.17) is 9.47 Å². The molecule has 1 aliphatic rings. The first-order chi connectivity index (χ1) is 39.2. The number of benzene rings is 8. The summed E-state index contributed by atoms with van der Waals surface area (Å²) in [7, 11) is 0. The Balaban J connectivity index is 0.000000223. The molecule has 0 aromatic heterocycles. The fraction of sp³-hybridized carbons (Fsp3) is 0.368. The first kappa shape index (κ1) is 59.1. The van der Waals surface area contributed by atoms with Gasteiger partial charge in [-0.05, 0) is 184 Å². The summed E-state index contributed by atoms with van der Waals surface area (Å²) in [5, 5.41) is 0. The molecule has 418 valence electrons. The van der Waals surface area contributed by atoms with E-state index < -0.39 is 0 Å². The number of ether oxygens (including phenoxy) is 2. The second kappa shape index (κ2) is 31.1. The lowest BCUT2D eigenvalue weighted by molar-refractivity contribution is 0.295. The van der Waals surface area contributed by atoms with Crippen LogP contribution in [0.15, 0.2) is 182 Å². The standard InChI is InChI=1S/C44H59NO2.C32H33N/c1-6-9-11-13-15-17-31-46-43-34-42(44(33-36(43)5)47-32-18-16-14-12-10-7-2)38-23-29-41(30-24-38)45(39-25-19-35(4)20-26-39)40-27-21-37(8-3)22-28-40;1-24-8-12-27(13-9-24)29-16-22-32(23-17-29)33(30-18-10-25(2)11-19-30)31-20-14-28(15-21-31)26-6-4-3-5-7-26/h19-30,33-34H,6-18,31-32H2,1-5H3;8-23,26H,3-7H2,1-2H3. The van der Waals surface area contributed by atoms with Crippen molar-refractivity contribution < 1.29 is 9.47 Å². The summed E-state index contributed by atoms with van der Waals surface area (Å²) in [6, 6.07) is 66.9. The molecular formula is C76H92N2O2. The average molecular weight is 1070 g/mol. The molecule has 9 rings (SSSR count). The lowest BCUT2D eigenvalue weighted by Crippen LogP contribution is -2.10. The molecule has 0 atom stereocenters. The van der Waals surface area contributed by atoms with Crippen molar-refractivity contribution in [2.75, 3.05) is 23.0 Å². The summed E-state index contributed by atoms with van der Waals surface area (Å²) in [6.45, 7) is 16.8. The predicted molar refractivity (Wildman–Crippen MR) is 345 cm³/mol. The molecule has 0 spiro atoms.